The van der Waals surface area contributed by atoms with E-state index >= 15 is 0 Å². The first-order valence-corrected chi connectivity index (χ1v) is 7.03. The van der Waals surface area contributed by atoms with Crippen molar-refractivity contribution in [1.82, 2.24) is 4.90 Å². The molecule has 6 heteroatoms. The van der Waals surface area contributed by atoms with Crippen LogP contribution in [0.5, 0.6) is 11.5 Å². The number of benzene rings is 1. The molecule has 1 aromatic carbocycles. The van der Waals surface area contributed by atoms with Crippen molar-refractivity contribution in [2.24, 2.45) is 0 Å². The van der Waals surface area contributed by atoms with E-state index in [2.05, 4.69) is 12.2 Å². The van der Waals surface area contributed by atoms with Gasteiger partial charge in [0.05, 0.1) is 5.69 Å². The highest BCUT2D eigenvalue weighted by Crippen LogP contribution is 2.31. The number of carbonyl (C=O) groups excluding carboxylic acids is 2. The molecule has 6 nitrogen and oxygen atoms in total. The standard InChI is InChI=1S/C15H20N2O4/c1-3-4-7-17(2)15(19)10-20-11-5-6-13-12(8-11)16-14(18)9-21-13/h5-6,8H,3-4,7,9-10H2,1-2H3,(H,16,18). The minimum Gasteiger partial charge on any atom is -0.484 e. The number of fused-ring (bicyclic) bond motifs is 1. The SMILES string of the molecule is CCCCN(C)C(=O)COc1ccc2c(c1)NC(=O)CO2. The fraction of sp³-hybridized carbons (Fsp3) is 0.467. The molecule has 0 fully saturated rings. The molecule has 2 amide bonds. The van der Waals surface area contributed by atoms with E-state index in [1.54, 1.807) is 30.1 Å². The minimum absolute atomic E-state index is 0.0200. The maximum atomic E-state index is 11.9. The summed E-state index contributed by atoms with van der Waals surface area (Å²) in [5.74, 6) is 0.863. The monoisotopic (exact) mass is 292 g/mol. The first-order valence-electron chi connectivity index (χ1n) is 7.03. The first kappa shape index (κ1) is 15.2. The summed E-state index contributed by atoms with van der Waals surface area (Å²) in [6.45, 7) is 2.81. The van der Waals surface area contributed by atoms with Gasteiger partial charge in [0.2, 0.25) is 0 Å². The summed E-state index contributed by atoms with van der Waals surface area (Å²) >= 11 is 0. The lowest BCUT2D eigenvalue weighted by Gasteiger charge is -2.19. The molecule has 0 aliphatic carbocycles. The van der Waals surface area contributed by atoms with Gasteiger partial charge in [0.1, 0.15) is 11.5 Å². The van der Waals surface area contributed by atoms with E-state index < -0.39 is 0 Å². The summed E-state index contributed by atoms with van der Waals surface area (Å²) in [7, 11) is 1.77. The molecular weight excluding hydrogens is 272 g/mol. The van der Waals surface area contributed by atoms with Crippen LogP contribution in [0.2, 0.25) is 0 Å². The van der Waals surface area contributed by atoms with Crippen molar-refractivity contribution < 1.29 is 19.1 Å². The summed E-state index contributed by atoms with van der Waals surface area (Å²) in [6.07, 6.45) is 2.02. The third-order valence-corrected chi connectivity index (χ3v) is 3.22. The first-order chi connectivity index (χ1) is 10.1. The highest BCUT2D eigenvalue weighted by atomic mass is 16.5. The topological polar surface area (TPSA) is 67.9 Å². The molecule has 0 radical (unpaired) electrons. The highest BCUT2D eigenvalue weighted by molar-refractivity contribution is 5.95. The fourth-order valence-corrected chi connectivity index (χ4v) is 1.93. The van der Waals surface area contributed by atoms with E-state index in [1.165, 1.54) is 0 Å². The molecule has 1 aliphatic rings. The quantitative estimate of drug-likeness (QED) is 0.865. The number of ether oxygens (including phenoxy) is 2. The predicted molar refractivity (Wildman–Crippen MR) is 78.6 cm³/mol. The van der Waals surface area contributed by atoms with Gasteiger partial charge < -0.3 is 19.7 Å². The zero-order chi connectivity index (χ0) is 15.2. The van der Waals surface area contributed by atoms with Crippen molar-refractivity contribution in [3.8, 4) is 11.5 Å². The van der Waals surface area contributed by atoms with Gasteiger partial charge in [-0.05, 0) is 18.6 Å². The van der Waals surface area contributed by atoms with Crippen LogP contribution < -0.4 is 14.8 Å². The zero-order valence-corrected chi connectivity index (χ0v) is 12.3. The predicted octanol–water partition coefficient (Wildman–Crippen LogP) is 1.65. The van der Waals surface area contributed by atoms with Crippen molar-refractivity contribution in [3.05, 3.63) is 18.2 Å². The van der Waals surface area contributed by atoms with E-state index in [0.29, 0.717) is 17.2 Å². The Bertz CT molecular complexity index is 530. The summed E-state index contributed by atoms with van der Waals surface area (Å²) in [6, 6.07) is 5.09. The molecule has 1 aromatic rings. The second-order valence-electron chi connectivity index (χ2n) is 4.95. The van der Waals surface area contributed by atoms with Crippen LogP contribution in [0, 0.1) is 0 Å². The summed E-state index contributed by atoms with van der Waals surface area (Å²) in [5.41, 5.74) is 0.565. The van der Waals surface area contributed by atoms with Gasteiger partial charge in [-0.1, -0.05) is 13.3 Å². The number of rotatable bonds is 6. The van der Waals surface area contributed by atoms with Gasteiger partial charge in [0, 0.05) is 19.7 Å². The van der Waals surface area contributed by atoms with Crippen LogP contribution in [-0.4, -0.2) is 43.5 Å². The van der Waals surface area contributed by atoms with Crippen molar-refractivity contribution in [3.63, 3.8) is 0 Å². The number of nitrogens with zero attached hydrogens (tertiary/aromatic N) is 1. The number of anilines is 1. The van der Waals surface area contributed by atoms with Gasteiger partial charge in [-0.2, -0.15) is 0 Å². The Labute approximate surface area is 124 Å². The number of nitrogens with one attached hydrogen (secondary N) is 1. The molecule has 0 bridgehead atoms. The van der Waals surface area contributed by atoms with Crippen molar-refractivity contribution in [1.29, 1.82) is 0 Å². The minimum atomic E-state index is -0.199. The molecule has 21 heavy (non-hydrogen) atoms. The van der Waals surface area contributed by atoms with E-state index in [4.69, 9.17) is 9.47 Å². The van der Waals surface area contributed by atoms with Crippen LogP contribution in [-0.2, 0) is 9.59 Å². The number of amides is 2. The molecule has 2 rings (SSSR count). The Morgan fingerprint density at radius 2 is 2.29 bits per heavy atom. The second-order valence-corrected chi connectivity index (χ2v) is 4.95. The Morgan fingerprint density at radius 3 is 3.05 bits per heavy atom. The van der Waals surface area contributed by atoms with Crippen LogP contribution in [0.4, 0.5) is 5.69 Å². The van der Waals surface area contributed by atoms with Crippen molar-refractivity contribution >= 4 is 17.5 Å². The Kier molecular flexibility index (Phi) is 5.03. The van der Waals surface area contributed by atoms with Crippen LogP contribution in [0.1, 0.15) is 19.8 Å². The lowest BCUT2D eigenvalue weighted by molar-refractivity contribution is -0.132. The molecule has 1 aliphatic heterocycles. The molecule has 0 aromatic heterocycles. The lowest BCUT2D eigenvalue weighted by atomic mass is 10.2. The highest BCUT2D eigenvalue weighted by Gasteiger charge is 2.17. The average Bonchev–Trinajstić information content (AvgIpc) is 2.49. The Hall–Kier alpha value is -2.24. The van der Waals surface area contributed by atoms with Gasteiger partial charge in [-0.15, -0.1) is 0 Å². The third kappa shape index (κ3) is 4.11. The third-order valence-electron chi connectivity index (χ3n) is 3.22. The Balaban J connectivity index is 1.90. The Morgan fingerprint density at radius 1 is 1.48 bits per heavy atom. The molecule has 0 spiro atoms. The van der Waals surface area contributed by atoms with E-state index in [-0.39, 0.29) is 25.0 Å². The van der Waals surface area contributed by atoms with Gasteiger partial charge in [0.25, 0.3) is 11.8 Å². The summed E-state index contributed by atoms with van der Waals surface area (Å²) in [5, 5.41) is 2.70. The molecule has 114 valence electrons. The smallest absolute Gasteiger partial charge is 0.262 e. The van der Waals surface area contributed by atoms with Gasteiger partial charge >= 0.3 is 0 Å². The average molecular weight is 292 g/mol. The molecule has 1 N–H and O–H groups in total. The molecule has 0 atom stereocenters. The molecule has 0 saturated heterocycles. The zero-order valence-electron chi connectivity index (χ0n) is 12.3. The molecule has 0 saturated carbocycles. The van der Waals surface area contributed by atoms with Gasteiger partial charge in [0.15, 0.2) is 13.2 Å². The van der Waals surface area contributed by atoms with E-state index in [1.807, 2.05) is 0 Å². The van der Waals surface area contributed by atoms with Crippen LogP contribution in [0.15, 0.2) is 18.2 Å². The van der Waals surface area contributed by atoms with E-state index in [0.717, 1.165) is 19.4 Å². The summed E-state index contributed by atoms with van der Waals surface area (Å²) < 4.78 is 10.7. The second kappa shape index (κ2) is 6.97. The largest absolute Gasteiger partial charge is 0.484 e. The van der Waals surface area contributed by atoms with Crippen molar-refractivity contribution in [2.75, 3.05) is 32.1 Å². The maximum Gasteiger partial charge on any atom is 0.262 e. The number of carbonyl (C=O) groups is 2. The number of hydrogen-bond donors (Lipinski definition) is 1. The number of likely N-dealkylation sites (N-methyl/N-ethyl adjacent to an activating group) is 1. The van der Waals surface area contributed by atoms with Gasteiger partial charge in [-0.3, -0.25) is 9.59 Å². The van der Waals surface area contributed by atoms with E-state index in [9.17, 15) is 9.59 Å². The summed E-state index contributed by atoms with van der Waals surface area (Å²) in [4.78, 5) is 24.8. The normalized spacial score (nSPS) is 13.0. The van der Waals surface area contributed by atoms with Crippen molar-refractivity contribution in [2.45, 2.75) is 19.8 Å². The fourth-order valence-electron chi connectivity index (χ4n) is 1.93. The number of hydrogen-bond acceptors (Lipinski definition) is 4. The number of unbranched alkanes of at least 4 members (excludes halogenated alkanes) is 1. The van der Waals surface area contributed by atoms with Crippen LogP contribution >= 0.6 is 0 Å². The van der Waals surface area contributed by atoms with Crippen LogP contribution in [0.3, 0.4) is 0 Å². The lowest BCUT2D eigenvalue weighted by Crippen LogP contribution is -2.32. The molecule has 1 heterocycles. The maximum absolute atomic E-state index is 11.9. The van der Waals surface area contributed by atoms with Crippen LogP contribution in [0.25, 0.3) is 0 Å². The molecule has 0 unspecified atom stereocenters. The van der Waals surface area contributed by atoms with Gasteiger partial charge in [-0.25, -0.2) is 0 Å². The molecular formula is C15H20N2O4.